The normalized spacial score (nSPS) is 32.0. The molecule has 1 aromatic carbocycles. The van der Waals surface area contributed by atoms with Gasteiger partial charge in [-0.1, -0.05) is 30.3 Å². The number of hydrogen-bond acceptors (Lipinski definition) is 1. The molecular weight excluding hydrogens is 170 g/mol. The monoisotopic (exact) mass is 187 g/mol. The highest BCUT2D eigenvalue weighted by atomic mass is 15.0. The molecule has 1 saturated carbocycles. The van der Waals surface area contributed by atoms with Crippen LogP contribution < -0.4 is 5.32 Å². The summed E-state index contributed by atoms with van der Waals surface area (Å²) in [6.45, 7) is 1.21. The van der Waals surface area contributed by atoms with E-state index < -0.39 is 0 Å². The molecule has 0 radical (unpaired) electrons. The van der Waals surface area contributed by atoms with Crippen LogP contribution in [0, 0.1) is 11.8 Å². The van der Waals surface area contributed by atoms with Crippen molar-refractivity contribution >= 4 is 0 Å². The molecule has 2 fully saturated rings. The van der Waals surface area contributed by atoms with Gasteiger partial charge in [-0.05, 0) is 43.2 Å². The van der Waals surface area contributed by atoms with E-state index in [1.807, 2.05) is 0 Å². The Labute approximate surface area is 85.5 Å². The molecule has 1 aliphatic carbocycles. The highest BCUT2D eigenvalue weighted by Crippen LogP contribution is 2.46. The Kier molecular flexibility index (Phi) is 2.06. The summed E-state index contributed by atoms with van der Waals surface area (Å²) in [5.41, 5.74) is 1.49. The first-order valence-electron chi connectivity index (χ1n) is 5.73. The summed E-state index contributed by atoms with van der Waals surface area (Å²) in [6, 6.07) is 11.6. The van der Waals surface area contributed by atoms with Gasteiger partial charge in [-0.3, -0.25) is 0 Å². The first kappa shape index (κ1) is 8.49. The average Bonchev–Trinajstić information content (AvgIpc) is 2.98. The second-order valence-electron chi connectivity index (χ2n) is 4.63. The Balaban J connectivity index is 1.83. The largest absolute Gasteiger partial charge is 0.310 e. The molecule has 1 aromatic rings. The van der Waals surface area contributed by atoms with Gasteiger partial charge in [-0.25, -0.2) is 0 Å². The molecule has 1 saturated heterocycles. The zero-order chi connectivity index (χ0) is 9.38. The minimum absolute atomic E-state index is 0.642. The topological polar surface area (TPSA) is 12.0 Å². The molecule has 0 spiro atoms. The van der Waals surface area contributed by atoms with E-state index >= 15 is 0 Å². The summed E-state index contributed by atoms with van der Waals surface area (Å²) >= 11 is 0. The quantitative estimate of drug-likeness (QED) is 0.750. The van der Waals surface area contributed by atoms with E-state index in [1.165, 1.54) is 31.4 Å². The summed E-state index contributed by atoms with van der Waals surface area (Å²) in [6.07, 6.45) is 4.32. The summed E-state index contributed by atoms with van der Waals surface area (Å²) < 4.78 is 0. The zero-order valence-electron chi connectivity index (χ0n) is 8.45. The number of hydrogen-bond donors (Lipinski definition) is 1. The minimum Gasteiger partial charge on any atom is -0.310 e. The van der Waals surface area contributed by atoms with Crippen LogP contribution >= 0.6 is 0 Å². The Hall–Kier alpha value is -0.820. The van der Waals surface area contributed by atoms with Gasteiger partial charge in [-0.2, -0.15) is 0 Å². The fourth-order valence-electron chi connectivity index (χ4n) is 2.78. The van der Waals surface area contributed by atoms with Gasteiger partial charge in [-0.15, -0.1) is 0 Å². The molecule has 1 heteroatoms. The van der Waals surface area contributed by atoms with Gasteiger partial charge in [0, 0.05) is 6.04 Å². The van der Waals surface area contributed by atoms with Gasteiger partial charge in [0.05, 0.1) is 0 Å². The van der Waals surface area contributed by atoms with E-state index in [-0.39, 0.29) is 0 Å². The van der Waals surface area contributed by atoms with Crippen molar-refractivity contribution in [2.75, 3.05) is 6.54 Å². The van der Waals surface area contributed by atoms with Crippen molar-refractivity contribution in [3.05, 3.63) is 35.9 Å². The fourth-order valence-corrected chi connectivity index (χ4v) is 2.78. The maximum absolute atomic E-state index is 3.64. The lowest BCUT2D eigenvalue weighted by molar-refractivity contribution is 0.411. The standard InChI is InChI=1S/C13H17N/c1-2-4-11(5-3-1)13-12(8-9-14-13)10-6-7-10/h1-5,10,12-14H,6-9H2. The van der Waals surface area contributed by atoms with Gasteiger partial charge in [0.15, 0.2) is 0 Å². The van der Waals surface area contributed by atoms with Crippen LogP contribution in [0.25, 0.3) is 0 Å². The lowest BCUT2D eigenvalue weighted by atomic mass is 9.90. The number of rotatable bonds is 2. The fraction of sp³-hybridized carbons (Fsp3) is 0.538. The summed E-state index contributed by atoms with van der Waals surface area (Å²) in [4.78, 5) is 0. The highest BCUT2D eigenvalue weighted by molar-refractivity contribution is 5.21. The molecule has 0 amide bonds. The van der Waals surface area contributed by atoms with Crippen molar-refractivity contribution in [2.24, 2.45) is 11.8 Å². The van der Waals surface area contributed by atoms with Crippen LogP contribution in [0.5, 0.6) is 0 Å². The van der Waals surface area contributed by atoms with E-state index in [1.54, 1.807) is 0 Å². The second-order valence-corrected chi connectivity index (χ2v) is 4.63. The lowest BCUT2D eigenvalue weighted by Crippen LogP contribution is -2.18. The first-order valence-corrected chi connectivity index (χ1v) is 5.73. The Morgan fingerprint density at radius 1 is 1.00 bits per heavy atom. The molecule has 0 aromatic heterocycles. The molecule has 0 bridgehead atoms. The van der Waals surface area contributed by atoms with Crippen LogP contribution in [-0.4, -0.2) is 6.54 Å². The van der Waals surface area contributed by atoms with Gasteiger partial charge >= 0.3 is 0 Å². The molecule has 14 heavy (non-hydrogen) atoms. The van der Waals surface area contributed by atoms with Crippen LogP contribution in [0.3, 0.4) is 0 Å². The van der Waals surface area contributed by atoms with Crippen molar-refractivity contribution < 1.29 is 0 Å². The molecular formula is C13H17N. The predicted octanol–water partition coefficient (Wildman–Crippen LogP) is 2.75. The van der Waals surface area contributed by atoms with E-state index in [0.29, 0.717) is 6.04 Å². The number of benzene rings is 1. The highest BCUT2D eigenvalue weighted by Gasteiger charge is 2.39. The van der Waals surface area contributed by atoms with Crippen LogP contribution in [0.15, 0.2) is 30.3 Å². The maximum Gasteiger partial charge on any atom is 0.0351 e. The molecule has 1 N–H and O–H groups in total. The van der Waals surface area contributed by atoms with E-state index in [2.05, 4.69) is 35.6 Å². The van der Waals surface area contributed by atoms with Crippen molar-refractivity contribution in [1.82, 2.24) is 5.32 Å². The summed E-state index contributed by atoms with van der Waals surface area (Å²) in [5, 5.41) is 3.64. The molecule has 2 atom stereocenters. The SMILES string of the molecule is c1ccc(C2NCCC2C2CC2)cc1. The van der Waals surface area contributed by atoms with E-state index in [9.17, 15) is 0 Å². The predicted molar refractivity (Wildman–Crippen MR) is 58.0 cm³/mol. The summed E-state index contributed by atoms with van der Waals surface area (Å²) in [5.74, 6) is 1.94. The second kappa shape index (κ2) is 3.39. The van der Waals surface area contributed by atoms with Gasteiger partial charge in [0.25, 0.3) is 0 Å². The molecule has 1 heterocycles. The average molecular weight is 187 g/mol. The van der Waals surface area contributed by atoms with Crippen LogP contribution in [0.1, 0.15) is 30.9 Å². The van der Waals surface area contributed by atoms with Gasteiger partial charge < -0.3 is 5.32 Å². The summed E-state index contributed by atoms with van der Waals surface area (Å²) in [7, 11) is 0. The molecule has 1 aliphatic heterocycles. The zero-order valence-corrected chi connectivity index (χ0v) is 8.45. The Bertz CT molecular complexity index is 302. The van der Waals surface area contributed by atoms with Crippen molar-refractivity contribution in [1.29, 1.82) is 0 Å². The minimum atomic E-state index is 0.642. The molecule has 1 nitrogen and oxygen atoms in total. The van der Waals surface area contributed by atoms with E-state index in [4.69, 9.17) is 0 Å². The van der Waals surface area contributed by atoms with Gasteiger partial charge in [0.1, 0.15) is 0 Å². The van der Waals surface area contributed by atoms with Crippen LogP contribution in [0.4, 0.5) is 0 Å². The Morgan fingerprint density at radius 3 is 2.50 bits per heavy atom. The van der Waals surface area contributed by atoms with Crippen molar-refractivity contribution in [3.63, 3.8) is 0 Å². The molecule has 3 rings (SSSR count). The third-order valence-electron chi connectivity index (χ3n) is 3.66. The number of nitrogens with one attached hydrogen (secondary N) is 1. The maximum atomic E-state index is 3.64. The first-order chi connectivity index (χ1) is 6.95. The molecule has 74 valence electrons. The van der Waals surface area contributed by atoms with E-state index in [0.717, 1.165) is 11.8 Å². The third kappa shape index (κ3) is 1.46. The lowest BCUT2D eigenvalue weighted by Gasteiger charge is -2.19. The third-order valence-corrected chi connectivity index (χ3v) is 3.66. The van der Waals surface area contributed by atoms with Gasteiger partial charge in [0.2, 0.25) is 0 Å². The van der Waals surface area contributed by atoms with Crippen LogP contribution in [0.2, 0.25) is 0 Å². The molecule has 2 unspecified atom stereocenters. The van der Waals surface area contributed by atoms with Crippen LogP contribution in [-0.2, 0) is 0 Å². The molecule has 2 aliphatic rings. The smallest absolute Gasteiger partial charge is 0.0351 e. The Morgan fingerprint density at radius 2 is 1.79 bits per heavy atom. The van der Waals surface area contributed by atoms with Crippen molar-refractivity contribution in [2.45, 2.75) is 25.3 Å². The van der Waals surface area contributed by atoms with Crippen molar-refractivity contribution in [3.8, 4) is 0 Å².